The zero-order valence-electron chi connectivity index (χ0n) is 18.7. The van der Waals surface area contributed by atoms with Crippen LogP contribution >= 0.6 is 0 Å². The number of rotatable bonds is 7. The normalized spacial score (nSPS) is 18.4. The van der Waals surface area contributed by atoms with Gasteiger partial charge in [-0.15, -0.1) is 0 Å². The van der Waals surface area contributed by atoms with Gasteiger partial charge in [0.1, 0.15) is 0 Å². The average Bonchev–Trinajstić information content (AvgIpc) is 2.82. The summed E-state index contributed by atoms with van der Waals surface area (Å²) in [6.07, 6.45) is 0. The highest BCUT2D eigenvalue weighted by Crippen LogP contribution is 2.10. The van der Waals surface area contributed by atoms with Crippen LogP contribution in [-0.4, -0.2) is 96.9 Å². The molecule has 1 N–H and O–H groups in total. The Hall–Kier alpha value is -2.74. The number of carbonyl (C=O) groups excluding carboxylic acids is 2. The average molecular weight is 436 g/mol. The van der Waals surface area contributed by atoms with Crippen molar-refractivity contribution in [1.29, 1.82) is 0 Å². The van der Waals surface area contributed by atoms with Crippen LogP contribution in [0.3, 0.4) is 0 Å². The minimum absolute atomic E-state index is 0.00986. The van der Waals surface area contributed by atoms with Crippen LogP contribution in [0.15, 0.2) is 60.7 Å². The SMILES string of the molecule is O=C(CN1CCN(C(=O)CN2CCN(Cc3ccccc3)CC2)CC1)Nc1ccccc1. The third-order valence-electron chi connectivity index (χ3n) is 6.22. The number of nitrogens with one attached hydrogen (secondary N) is 1. The molecule has 2 saturated heterocycles. The molecule has 0 unspecified atom stereocenters. The van der Waals surface area contributed by atoms with Crippen LogP contribution in [0.1, 0.15) is 5.56 Å². The fraction of sp³-hybridized carbons (Fsp3) is 0.440. The molecule has 2 aliphatic rings. The maximum absolute atomic E-state index is 12.8. The monoisotopic (exact) mass is 435 g/mol. The van der Waals surface area contributed by atoms with Gasteiger partial charge in [-0.05, 0) is 17.7 Å². The van der Waals surface area contributed by atoms with Gasteiger partial charge in [0, 0.05) is 64.6 Å². The predicted molar refractivity (Wildman–Crippen MR) is 126 cm³/mol. The minimum Gasteiger partial charge on any atom is -0.339 e. The van der Waals surface area contributed by atoms with Crippen LogP contribution in [0, 0.1) is 0 Å². The summed E-state index contributed by atoms with van der Waals surface area (Å²) in [6, 6.07) is 20.1. The van der Waals surface area contributed by atoms with E-state index in [0.29, 0.717) is 26.2 Å². The van der Waals surface area contributed by atoms with Gasteiger partial charge in [-0.3, -0.25) is 24.3 Å². The fourth-order valence-electron chi connectivity index (χ4n) is 4.32. The first-order valence-electron chi connectivity index (χ1n) is 11.5. The molecule has 32 heavy (non-hydrogen) atoms. The van der Waals surface area contributed by atoms with E-state index >= 15 is 0 Å². The third kappa shape index (κ3) is 6.63. The summed E-state index contributed by atoms with van der Waals surface area (Å²) in [5.41, 5.74) is 2.16. The molecule has 0 radical (unpaired) electrons. The fourth-order valence-corrected chi connectivity index (χ4v) is 4.32. The standard InChI is InChI=1S/C25H33N5O2/c31-24(26-23-9-5-2-6-10-23)20-28-15-17-30(18-16-28)25(32)21-29-13-11-27(12-14-29)19-22-7-3-1-4-8-22/h1-10H,11-21H2,(H,26,31). The van der Waals surface area contributed by atoms with Crippen molar-refractivity contribution >= 4 is 17.5 Å². The highest BCUT2D eigenvalue weighted by Gasteiger charge is 2.25. The summed E-state index contributed by atoms with van der Waals surface area (Å²) < 4.78 is 0. The number of carbonyl (C=O) groups is 2. The second-order valence-electron chi connectivity index (χ2n) is 8.61. The van der Waals surface area contributed by atoms with Crippen LogP contribution < -0.4 is 5.32 Å². The van der Waals surface area contributed by atoms with Crippen molar-refractivity contribution in [3.05, 3.63) is 66.2 Å². The molecule has 7 heteroatoms. The van der Waals surface area contributed by atoms with Crippen molar-refractivity contribution in [3.8, 4) is 0 Å². The number of amides is 2. The van der Waals surface area contributed by atoms with Crippen molar-refractivity contribution in [2.45, 2.75) is 6.54 Å². The van der Waals surface area contributed by atoms with Crippen LogP contribution in [0.2, 0.25) is 0 Å². The first-order chi connectivity index (χ1) is 15.7. The highest BCUT2D eigenvalue weighted by atomic mass is 16.2. The summed E-state index contributed by atoms with van der Waals surface area (Å²) in [6.45, 7) is 8.51. The van der Waals surface area contributed by atoms with E-state index in [-0.39, 0.29) is 11.8 Å². The van der Waals surface area contributed by atoms with Gasteiger partial charge in [-0.1, -0.05) is 48.5 Å². The van der Waals surface area contributed by atoms with Crippen LogP contribution in [0.25, 0.3) is 0 Å². The van der Waals surface area contributed by atoms with E-state index in [4.69, 9.17) is 0 Å². The van der Waals surface area contributed by atoms with Gasteiger partial charge in [0.05, 0.1) is 13.1 Å². The molecule has 170 valence electrons. The molecule has 0 atom stereocenters. The second kappa shape index (κ2) is 11.2. The van der Waals surface area contributed by atoms with Gasteiger partial charge in [-0.2, -0.15) is 0 Å². The lowest BCUT2D eigenvalue weighted by Gasteiger charge is -2.37. The first-order valence-corrected chi connectivity index (χ1v) is 11.5. The van der Waals surface area contributed by atoms with Crippen LogP contribution in [0.4, 0.5) is 5.69 Å². The number of para-hydroxylation sites is 1. The number of benzene rings is 2. The molecule has 2 aromatic rings. The Labute approximate surface area is 190 Å². The van der Waals surface area contributed by atoms with E-state index in [2.05, 4.69) is 44.3 Å². The van der Waals surface area contributed by atoms with Gasteiger partial charge in [0.2, 0.25) is 11.8 Å². The number of hydrogen-bond acceptors (Lipinski definition) is 5. The van der Waals surface area contributed by atoms with Crippen molar-refractivity contribution in [2.75, 3.05) is 70.8 Å². The zero-order valence-corrected chi connectivity index (χ0v) is 18.7. The lowest BCUT2D eigenvalue weighted by atomic mass is 10.2. The Kier molecular flexibility index (Phi) is 7.87. The van der Waals surface area contributed by atoms with Crippen molar-refractivity contribution in [1.82, 2.24) is 19.6 Å². The van der Waals surface area contributed by atoms with Crippen LogP contribution in [-0.2, 0) is 16.1 Å². The zero-order chi connectivity index (χ0) is 22.2. The lowest BCUT2D eigenvalue weighted by molar-refractivity contribution is -0.134. The summed E-state index contributed by atoms with van der Waals surface area (Å²) in [5, 5.41) is 2.92. The predicted octanol–water partition coefficient (Wildman–Crippen LogP) is 1.59. The molecule has 2 aromatic carbocycles. The smallest absolute Gasteiger partial charge is 0.238 e. The third-order valence-corrected chi connectivity index (χ3v) is 6.22. The van der Waals surface area contributed by atoms with E-state index in [0.717, 1.165) is 51.5 Å². The number of hydrogen-bond donors (Lipinski definition) is 1. The quantitative estimate of drug-likeness (QED) is 0.716. The van der Waals surface area contributed by atoms with Crippen molar-refractivity contribution in [2.24, 2.45) is 0 Å². The Morgan fingerprint density at radius 1 is 0.656 bits per heavy atom. The van der Waals surface area contributed by atoms with Gasteiger partial charge in [0.25, 0.3) is 0 Å². The van der Waals surface area contributed by atoms with Gasteiger partial charge >= 0.3 is 0 Å². The molecule has 0 aromatic heterocycles. The Balaban J connectivity index is 1.13. The van der Waals surface area contributed by atoms with Gasteiger partial charge in [0.15, 0.2) is 0 Å². The molecular weight excluding hydrogens is 402 g/mol. The largest absolute Gasteiger partial charge is 0.339 e. The molecule has 2 aliphatic heterocycles. The molecule has 0 spiro atoms. The van der Waals surface area contributed by atoms with Gasteiger partial charge < -0.3 is 10.2 Å². The Bertz CT molecular complexity index is 860. The summed E-state index contributed by atoms with van der Waals surface area (Å²) >= 11 is 0. The number of nitrogens with zero attached hydrogens (tertiary/aromatic N) is 4. The van der Waals surface area contributed by atoms with E-state index in [1.807, 2.05) is 41.3 Å². The minimum atomic E-state index is -0.00986. The van der Waals surface area contributed by atoms with E-state index in [1.54, 1.807) is 0 Å². The molecule has 2 fully saturated rings. The van der Waals surface area contributed by atoms with Crippen LogP contribution in [0.5, 0.6) is 0 Å². The first kappa shape index (κ1) is 22.5. The Morgan fingerprint density at radius 2 is 1.19 bits per heavy atom. The molecule has 4 rings (SSSR count). The van der Waals surface area contributed by atoms with Crippen molar-refractivity contribution in [3.63, 3.8) is 0 Å². The number of anilines is 1. The van der Waals surface area contributed by atoms with Crippen molar-refractivity contribution < 1.29 is 9.59 Å². The lowest BCUT2D eigenvalue weighted by Crippen LogP contribution is -2.54. The maximum atomic E-state index is 12.8. The molecule has 2 heterocycles. The highest BCUT2D eigenvalue weighted by molar-refractivity contribution is 5.92. The topological polar surface area (TPSA) is 59.1 Å². The molecular formula is C25H33N5O2. The molecule has 7 nitrogen and oxygen atoms in total. The van der Waals surface area contributed by atoms with Gasteiger partial charge in [-0.25, -0.2) is 0 Å². The van der Waals surface area contributed by atoms with E-state index in [9.17, 15) is 9.59 Å². The Morgan fingerprint density at radius 3 is 1.84 bits per heavy atom. The van der Waals surface area contributed by atoms with E-state index < -0.39 is 0 Å². The summed E-state index contributed by atoms with van der Waals surface area (Å²) in [4.78, 5) is 33.8. The molecule has 0 aliphatic carbocycles. The van der Waals surface area contributed by atoms with E-state index in [1.165, 1.54) is 5.56 Å². The number of piperazine rings is 2. The summed E-state index contributed by atoms with van der Waals surface area (Å²) in [5.74, 6) is 0.194. The molecule has 0 saturated carbocycles. The molecule has 0 bridgehead atoms. The second-order valence-corrected chi connectivity index (χ2v) is 8.61. The molecule has 2 amide bonds. The summed E-state index contributed by atoms with van der Waals surface area (Å²) in [7, 11) is 0. The maximum Gasteiger partial charge on any atom is 0.238 e.